The smallest absolute Gasteiger partial charge is 0.376 e. The van der Waals surface area contributed by atoms with Gasteiger partial charge in [0.25, 0.3) is 0 Å². The third-order valence-corrected chi connectivity index (χ3v) is 4.02. The summed E-state index contributed by atoms with van der Waals surface area (Å²) in [6.45, 7) is 3.45. The number of hydrogen-bond donors (Lipinski definition) is 2. The summed E-state index contributed by atoms with van der Waals surface area (Å²) in [6.07, 6.45) is 1.79. The number of nitrogens with zero attached hydrogens (tertiary/aromatic N) is 2. The summed E-state index contributed by atoms with van der Waals surface area (Å²) in [7, 11) is -0.402. The first-order chi connectivity index (χ1) is 9.16. The highest BCUT2D eigenvalue weighted by Gasteiger charge is 2.26. The number of imidazole rings is 1. The van der Waals surface area contributed by atoms with Crippen molar-refractivity contribution in [2.75, 3.05) is 13.1 Å². The van der Waals surface area contributed by atoms with Gasteiger partial charge in [0.1, 0.15) is 0 Å². The van der Waals surface area contributed by atoms with E-state index in [-0.39, 0.29) is 11.7 Å². The molecule has 0 amide bonds. The fourth-order valence-corrected chi connectivity index (χ4v) is 2.95. The fraction of sp³-hybridized carbons (Fsp3) is 0.462. The highest BCUT2D eigenvalue weighted by molar-refractivity contribution is 6.45. The third kappa shape index (κ3) is 2.22. The summed E-state index contributed by atoms with van der Waals surface area (Å²) in [4.78, 5) is 17.0. The minimum Gasteiger partial charge on any atom is -0.437 e. The average molecular weight is 259 g/mol. The molecule has 1 aromatic heterocycles. The van der Waals surface area contributed by atoms with E-state index in [9.17, 15) is 9.82 Å². The summed E-state index contributed by atoms with van der Waals surface area (Å²) in [6, 6.07) is 8.01. The molecule has 5 nitrogen and oxygen atoms in total. The molecule has 2 N–H and O–H groups in total. The molecule has 0 atom stereocenters. The topological polar surface area (TPSA) is 61.3 Å². The van der Waals surface area contributed by atoms with Crippen molar-refractivity contribution in [3.05, 3.63) is 34.7 Å². The highest BCUT2D eigenvalue weighted by Crippen LogP contribution is 2.24. The number of piperidine rings is 1. The van der Waals surface area contributed by atoms with Crippen LogP contribution >= 0.6 is 0 Å². The minimum absolute atomic E-state index is 0.0308. The molecule has 1 aliphatic rings. The van der Waals surface area contributed by atoms with Crippen LogP contribution in [0.3, 0.4) is 0 Å². The maximum absolute atomic E-state index is 12.1. The molecule has 0 aliphatic carbocycles. The van der Waals surface area contributed by atoms with Crippen LogP contribution in [0.5, 0.6) is 0 Å². The van der Waals surface area contributed by atoms with Gasteiger partial charge in [0.05, 0.1) is 11.0 Å². The summed E-state index contributed by atoms with van der Waals surface area (Å²) >= 11 is 0. The molecule has 100 valence electrons. The Hall–Kier alpha value is -1.53. The monoisotopic (exact) mass is 259 g/mol. The van der Waals surface area contributed by atoms with Gasteiger partial charge in [0.15, 0.2) is 0 Å². The van der Waals surface area contributed by atoms with Gasteiger partial charge < -0.3 is 14.8 Å². The molecule has 1 fully saturated rings. The molecule has 2 heterocycles. The minimum atomic E-state index is -0.402. The second-order valence-corrected chi connectivity index (χ2v) is 5.22. The zero-order valence-corrected chi connectivity index (χ0v) is 11.0. The van der Waals surface area contributed by atoms with Crippen molar-refractivity contribution in [3.63, 3.8) is 0 Å². The number of rotatable bonds is 2. The van der Waals surface area contributed by atoms with Crippen LogP contribution in [0.1, 0.15) is 18.9 Å². The number of fused-ring (bicyclic) bond motifs is 1. The highest BCUT2D eigenvalue weighted by atomic mass is 16.2. The summed E-state index contributed by atoms with van der Waals surface area (Å²) in [5.74, 6) is 0. The maximum atomic E-state index is 12.1. The lowest BCUT2D eigenvalue weighted by Gasteiger charge is -2.33. The van der Waals surface area contributed by atoms with Gasteiger partial charge in [-0.25, -0.2) is 4.79 Å². The van der Waals surface area contributed by atoms with E-state index in [2.05, 4.69) is 4.98 Å². The summed E-state index contributed by atoms with van der Waals surface area (Å²) < 4.78 is 1.87. The molecule has 0 saturated carbocycles. The van der Waals surface area contributed by atoms with E-state index in [4.69, 9.17) is 0 Å². The van der Waals surface area contributed by atoms with E-state index >= 15 is 0 Å². The van der Waals surface area contributed by atoms with Crippen LogP contribution < -0.4 is 5.69 Å². The lowest BCUT2D eigenvalue weighted by atomic mass is 9.82. The molecule has 6 heteroatoms. The SMILES string of the molecule is CB(O)N1CCC(n2c(=O)[nH]c3ccccc32)CC1. The molecular formula is C13H18BN3O2. The zero-order chi connectivity index (χ0) is 13.4. The molecule has 3 rings (SSSR count). The summed E-state index contributed by atoms with van der Waals surface area (Å²) in [5, 5.41) is 9.57. The molecule has 0 spiro atoms. The molecule has 0 unspecified atom stereocenters. The van der Waals surface area contributed by atoms with Crippen LogP contribution in [0.4, 0.5) is 0 Å². The molecule has 0 bridgehead atoms. The average Bonchev–Trinajstić information content (AvgIpc) is 2.74. The number of benzene rings is 1. The first-order valence-electron chi connectivity index (χ1n) is 6.78. The predicted molar refractivity (Wildman–Crippen MR) is 76.2 cm³/mol. The fourth-order valence-electron chi connectivity index (χ4n) is 2.95. The normalized spacial score (nSPS) is 18.0. The number of aromatic nitrogens is 2. The Labute approximate surface area is 112 Å². The number of aromatic amines is 1. The molecule has 1 saturated heterocycles. The zero-order valence-electron chi connectivity index (χ0n) is 11.0. The van der Waals surface area contributed by atoms with E-state index in [0.29, 0.717) is 0 Å². The first-order valence-corrected chi connectivity index (χ1v) is 6.78. The maximum Gasteiger partial charge on any atom is 0.376 e. The Morgan fingerprint density at radius 3 is 2.68 bits per heavy atom. The number of nitrogens with one attached hydrogen (secondary N) is 1. The number of para-hydroxylation sites is 2. The van der Waals surface area contributed by atoms with Crippen LogP contribution in [-0.2, 0) is 0 Å². The van der Waals surface area contributed by atoms with Crippen molar-refractivity contribution in [1.82, 2.24) is 14.4 Å². The lowest BCUT2D eigenvalue weighted by molar-refractivity contribution is 0.252. The predicted octanol–water partition coefficient (Wildman–Crippen LogP) is 1.08. The first kappa shape index (κ1) is 12.5. The Morgan fingerprint density at radius 1 is 1.32 bits per heavy atom. The second kappa shape index (κ2) is 4.87. The van der Waals surface area contributed by atoms with Crippen molar-refractivity contribution in [3.8, 4) is 0 Å². The Balaban J connectivity index is 1.90. The van der Waals surface area contributed by atoms with Crippen LogP contribution in [0.15, 0.2) is 29.1 Å². The molecule has 0 radical (unpaired) electrons. The number of hydrogen-bond acceptors (Lipinski definition) is 3. The van der Waals surface area contributed by atoms with Gasteiger partial charge in [0, 0.05) is 6.04 Å². The van der Waals surface area contributed by atoms with Crippen molar-refractivity contribution < 1.29 is 5.02 Å². The molecular weight excluding hydrogens is 241 g/mol. The standard InChI is InChI=1S/C13H18BN3O2/c1-14(19)16-8-6-10(7-9-16)17-12-5-3-2-4-11(12)15-13(17)18/h2-5,10,19H,6-9H2,1H3,(H,15,18). The van der Waals surface area contributed by atoms with E-state index in [1.54, 1.807) is 6.82 Å². The van der Waals surface area contributed by atoms with E-state index < -0.39 is 7.05 Å². The molecule has 2 aromatic rings. The van der Waals surface area contributed by atoms with Gasteiger partial charge in [-0.15, -0.1) is 0 Å². The Kier molecular flexibility index (Phi) is 3.20. The van der Waals surface area contributed by atoms with Crippen LogP contribution in [0, 0.1) is 0 Å². The van der Waals surface area contributed by atoms with Crippen LogP contribution in [-0.4, -0.2) is 39.5 Å². The van der Waals surface area contributed by atoms with E-state index in [1.807, 2.05) is 33.6 Å². The van der Waals surface area contributed by atoms with Crippen molar-refractivity contribution in [1.29, 1.82) is 0 Å². The van der Waals surface area contributed by atoms with Crippen molar-refractivity contribution >= 4 is 18.1 Å². The van der Waals surface area contributed by atoms with Gasteiger partial charge in [-0.3, -0.25) is 4.57 Å². The van der Waals surface area contributed by atoms with Gasteiger partial charge in [0.2, 0.25) is 0 Å². The van der Waals surface area contributed by atoms with Gasteiger partial charge in [-0.05, 0) is 44.9 Å². The second-order valence-electron chi connectivity index (χ2n) is 5.22. The van der Waals surface area contributed by atoms with E-state index in [0.717, 1.165) is 37.0 Å². The third-order valence-electron chi connectivity index (χ3n) is 4.02. The van der Waals surface area contributed by atoms with Crippen molar-refractivity contribution in [2.45, 2.75) is 25.7 Å². The Bertz CT molecular complexity index is 626. The van der Waals surface area contributed by atoms with Crippen LogP contribution in [0.2, 0.25) is 6.82 Å². The van der Waals surface area contributed by atoms with E-state index in [1.165, 1.54) is 0 Å². The summed E-state index contributed by atoms with van der Waals surface area (Å²) in [5.41, 5.74) is 1.84. The van der Waals surface area contributed by atoms with Crippen molar-refractivity contribution in [2.24, 2.45) is 0 Å². The van der Waals surface area contributed by atoms with Crippen LogP contribution in [0.25, 0.3) is 11.0 Å². The molecule has 1 aromatic carbocycles. The Morgan fingerprint density at radius 2 is 2.00 bits per heavy atom. The number of H-pyrrole nitrogens is 1. The lowest BCUT2D eigenvalue weighted by Crippen LogP contribution is -2.44. The quantitative estimate of drug-likeness (QED) is 0.793. The largest absolute Gasteiger partial charge is 0.437 e. The molecule has 1 aliphatic heterocycles. The van der Waals surface area contributed by atoms with Gasteiger partial charge >= 0.3 is 12.7 Å². The van der Waals surface area contributed by atoms with Gasteiger partial charge in [-0.1, -0.05) is 12.1 Å². The molecule has 19 heavy (non-hydrogen) atoms. The van der Waals surface area contributed by atoms with Gasteiger partial charge in [-0.2, -0.15) is 0 Å².